The summed E-state index contributed by atoms with van der Waals surface area (Å²) < 4.78 is 0. The lowest BCUT2D eigenvalue weighted by Crippen LogP contribution is -2.10. The van der Waals surface area contributed by atoms with Gasteiger partial charge in [-0.2, -0.15) is 0 Å². The van der Waals surface area contributed by atoms with Gasteiger partial charge in [0.1, 0.15) is 0 Å². The molecule has 4 aromatic carbocycles. The Kier molecular flexibility index (Phi) is 2.49. The minimum absolute atomic E-state index is 1.23. The Balaban J connectivity index is 1.97. The molecule has 0 heteroatoms. The molecule has 2 aliphatic rings. The highest BCUT2D eigenvalue weighted by Gasteiger charge is 2.24. The summed E-state index contributed by atoms with van der Waals surface area (Å²) in [5, 5.41) is 9.15. The summed E-state index contributed by atoms with van der Waals surface area (Å²) >= 11 is 0. The second kappa shape index (κ2) is 4.60. The normalized spacial score (nSPS) is 16.2. The maximum absolute atomic E-state index is 2.42. The maximum atomic E-state index is 2.42. The fraction of sp³-hybridized carbons (Fsp3) is 0.250. The first-order valence-corrected chi connectivity index (χ1v) is 9.31. The SMILES string of the molecule is c1ccc2c(c1)ccc1c3c4c(ccc5c4c(c12)CCC5)CCC3. The monoisotopic (exact) mass is 308 g/mol. The van der Waals surface area contributed by atoms with Gasteiger partial charge in [-0.25, -0.2) is 0 Å². The molecule has 0 fully saturated rings. The van der Waals surface area contributed by atoms with E-state index in [4.69, 9.17) is 0 Å². The summed E-state index contributed by atoms with van der Waals surface area (Å²) in [4.78, 5) is 0. The molecular weight excluding hydrogens is 288 g/mol. The van der Waals surface area contributed by atoms with Crippen LogP contribution in [-0.2, 0) is 25.7 Å². The Bertz CT molecular complexity index is 1150. The van der Waals surface area contributed by atoms with Crippen LogP contribution in [0, 0.1) is 0 Å². The van der Waals surface area contributed by atoms with Crippen molar-refractivity contribution in [3.8, 4) is 0 Å². The van der Waals surface area contributed by atoms with Gasteiger partial charge in [0.05, 0.1) is 0 Å². The zero-order valence-corrected chi connectivity index (χ0v) is 13.9. The molecule has 0 aliphatic heterocycles. The molecule has 0 saturated heterocycles. The smallest absolute Gasteiger partial charge is 0.00640 e. The van der Waals surface area contributed by atoms with Crippen LogP contribution in [-0.4, -0.2) is 0 Å². The van der Waals surface area contributed by atoms with Crippen molar-refractivity contribution in [2.75, 3.05) is 0 Å². The van der Waals surface area contributed by atoms with E-state index in [0.717, 1.165) is 0 Å². The van der Waals surface area contributed by atoms with Gasteiger partial charge >= 0.3 is 0 Å². The number of rotatable bonds is 0. The lowest BCUT2D eigenvalue weighted by Gasteiger charge is -2.27. The van der Waals surface area contributed by atoms with Gasteiger partial charge in [-0.3, -0.25) is 0 Å². The molecule has 0 spiro atoms. The van der Waals surface area contributed by atoms with Crippen LogP contribution >= 0.6 is 0 Å². The predicted molar refractivity (Wildman–Crippen MR) is 103 cm³/mol. The van der Waals surface area contributed by atoms with Crippen LogP contribution in [0.5, 0.6) is 0 Å². The Hall–Kier alpha value is -2.34. The largest absolute Gasteiger partial charge is 0.0616 e. The molecular formula is C24H20. The van der Waals surface area contributed by atoms with Crippen molar-refractivity contribution in [1.29, 1.82) is 0 Å². The van der Waals surface area contributed by atoms with Crippen LogP contribution in [0.1, 0.15) is 35.1 Å². The van der Waals surface area contributed by atoms with E-state index in [2.05, 4.69) is 48.5 Å². The van der Waals surface area contributed by atoms with Crippen molar-refractivity contribution in [3.63, 3.8) is 0 Å². The summed E-state index contributed by atoms with van der Waals surface area (Å²) in [6.07, 6.45) is 7.56. The topological polar surface area (TPSA) is 0 Å². The van der Waals surface area contributed by atoms with Gasteiger partial charge in [-0.1, -0.05) is 48.5 Å². The molecule has 4 aromatic rings. The Morgan fingerprint density at radius 2 is 1.21 bits per heavy atom. The van der Waals surface area contributed by atoms with E-state index in [0.29, 0.717) is 0 Å². The molecule has 0 atom stereocenters. The molecule has 0 nitrogen and oxygen atoms in total. The van der Waals surface area contributed by atoms with E-state index in [1.807, 2.05) is 0 Å². The molecule has 0 aromatic heterocycles. The van der Waals surface area contributed by atoms with Crippen molar-refractivity contribution >= 4 is 32.3 Å². The number of hydrogen-bond donors (Lipinski definition) is 0. The molecule has 24 heavy (non-hydrogen) atoms. The van der Waals surface area contributed by atoms with Crippen LogP contribution in [0.15, 0.2) is 48.5 Å². The van der Waals surface area contributed by atoms with E-state index in [9.17, 15) is 0 Å². The van der Waals surface area contributed by atoms with Crippen LogP contribution < -0.4 is 0 Å². The lowest BCUT2D eigenvalue weighted by molar-refractivity contribution is 0.794. The fourth-order valence-corrected chi connectivity index (χ4v) is 5.32. The molecule has 2 aliphatic carbocycles. The molecule has 0 amide bonds. The second-order valence-corrected chi connectivity index (χ2v) is 7.51. The zero-order valence-electron chi connectivity index (χ0n) is 13.9. The third-order valence-corrected chi connectivity index (χ3v) is 6.28. The van der Waals surface area contributed by atoms with E-state index in [-0.39, 0.29) is 0 Å². The van der Waals surface area contributed by atoms with Gasteiger partial charge in [0.2, 0.25) is 0 Å². The molecule has 0 radical (unpaired) electrons. The quantitative estimate of drug-likeness (QED) is 0.271. The van der Waals surface area contributed by atoms with Crippen molar-refractivity contribution < 1.29 is 0 Å². The first-order valence-electron chi connectivity index (χ1n) is 9.31. The predicted octanol–water partition coefficient (Wildman–Crippen LogP) is 6.12. The van der Waals surface area contributed by atoms with Gasteiger partial charge in [0.25, 0.3) is 0 Å². The maximum Gasteiger partial charge on any atom is -0.00640 e. The van der Waals surface area contributed by atoms with Crippen LogP contribution in [0.4, 0.5) is 0 Å². The summed E-state index contributed by atoms with van der Waals surface area (Å²) in [5.74, 6) is 0. The molecule has 0 N–H and O–H groups in total. The van der Waals surface area contributed by atoms with Gasteiger partial charge in [0.15, 0.2) is 0 Å². The van der Waals surface area contributed by atoms with Gasteiger partial charge in [0, 0.05) is 0 Å². The first-order chi connectivity index (χ1) is 11.9. The van der Waals surface area contributed by atoms with Crippen molar-refractivity contribution in [2.24, 2.45) is 0 Å². The van der Waals surface area contributed by atoms with Crippen LogP contribution in [0.2, 0.25) is 0 Å². The zero-order chi connectivity index (χ0) is 15.7. The molecule has 0 unspecified atom stereocenters. The highest BCUT2D eigenvalue weighted by molar-refractivity contribution is 6.18. The summed E-state index contributed by atoms with van der Waals surface area (Å²) in [6.45, 7) is 0. The molecule has 116 valence electrons. The molecule has 0 bridgehead atoms. The summed E-state index contributed by atoms with van der Waals surface area (Å²) in [5.41, 5.74) is 6.44. The van der Waals surface area contributed by atoms with Gasteiger partial charge in [-0.05, 0) is 93.1 Å². The van der Waals surface area contributed by atoms with Crippen molar-refractivity contribution in [1.82, 2.24) is 0 Å². The number of fused-ring (bicyclic) bond motifs is 5. The summed E-state index contributed by atoms with van der Waals surface area (Å²) in [7, 11) is 0. The third-order valence-electron chi connectivity index (χ3n) is 6.28. The Morgan fingerprint density at radius 3 is 2.04 bits per heavy atom. The van der Waals surface area contributed by atoms with E-state index >= 15 is 0 Å². The van der Waals surface area contributed by atoms with Crippen molar-refractivity contribution in [2.45, 2.75) is 38.5 Å². The van der Waals surface area contributed by atoms with E-state index in [1.165, 1.54) is 54.7 Å². The number of aryl methyl sites for hydroxylation is 4. The number of benzene rings is 4. The van der Waals surface area contributed by atoms with Gasteiger partial charge < -0.3 is 0 Å². The average molecular weight is 308 g/mol. The van der Waals surface area contributed by atoms with Crippen molar-refractivity contribution in [3.05, 3.63) is 70.8 Å². The Labute approximate surface area is 142 Å². The van der Waals surface area contributed by atoms with Crippen LogP contribution in [0.3, 0.4) is 0 Å². The van der Waals surface area contributed by atoms with Gasteiger partial charge in [-0.15, -0.1) is 0 Å². The minimum atomic E-state index is 1.23. The third kappa shape index (κ3) is 1.54. The second-order valence-electron chi connectivity index (χ2n) is 7.51. The Morgan fingerprint density at radius 1 is 0.500 bits per heavy atom. The molecule has 6 rings (SSSR count). The highest BCUT2D eigenvalue weighted by atomic mass is 14.3. The fourth-order valence-electron chi connectivity index (χ4n) is 5.32. The number of hydrogen-bond acceptors (Lipinski definition) is 0. The highest BCUT2D eigenvalue weighted by Crippen LogP contribution is 2.44. The summed E-state index contributed by atoms with van der Waals surface area (Å²) in [6, 6.07) is 18.5. The average Bonchev–Trinajstić information content (AvgIpc) is 2.66. The first kappa shape index (κ1) is 13.0. The standard InChI is InChI=1S/C24H20/c1-2-8-18-15(5-1)13-14-20-19-9-3-6-16-11-12-17-7-4-10-21(24(18)20)23(17)22(16)19/h1-2,5,8,11-14H,3-4,6-7,9-10H2. The van der Waals surface area contributed by atoms with E-state index < -0.39 is 0 Å². The molecule has 0 heterocycles. The van der Waals surface area contributed by atoms with E-state index in [1.54, 1.807) is 38.4 Å². The molecule has 0 saturated carbocycles. The van der Waals surface area contributed by atoms with Crippen LogP contribution in [0.25, 0.3) is 32.3 Å². The lowest BCUT2D eigenvalue weighted by atomic mass is 9.76. The minimum Gasteiger partial charge on any atom is -0.0616 e.